The molecule has 1 heterocycles. The van der Waals surface area contributed by atoms with Crippen LogP contribution in [0.4, 0.5) is 0 Å². The quantitative estimate of drug-likeness (QED) is 0.728. The van der Waals surface area contributed by atoms with E-state index in [2.05, 4.69) is 13.8 Å². The second-order valence-corrected chi connectivity index (χ2v) is 6.92. The largest absolute Gasteiger partial charge is 0.493 e. The summed E-state index contributed by atoms with van der Waals surface area (Å²) in [6.07, 6.45) is -0.0317. The van der Waals surface area contributed by atoms with Gasteiger partial charge in [0.15, 0.2) is 23.0 Å². The molecule has 2 aromatic rings. The molecule has 1 aliphatic rings. The summed E-state index contributed by atoms with van der Waals surface area (Å²) in [4.78, 5) is 0. The molecule has 146 valence electrons. The van der Waals surface area contributed by atoms with Crippen LogP contribution in [0.2, 0.25) is 0 Å². The Morgan fingerprint density at radius 1 is 0.593 bits per heavy atom. The molecular formula is C22H28O5. The number of methoxy groups -OCH3 is 4. The molecule has 0 spiro atoms. The van der Waals surface area contributed by atoms with Gasteiger partial charge in [0.2, 0.25) is 0 Å². The Morgan fingerprint density at radius 3 is 1.30 bits per heavy atom. The number of benzene rings is 2. The van der Waals surface area contributed by atoms with Gasteiger partial charge in [-0.3, -0.25) is 0 Å². The van der Waals surface area contributed by atoms with Gasteiger partial charge in [0.1, 0.15) is 0 Å². The van der Waals surface area contributed by atoms with Crippen LogP contribution in [0.5, 0.6) is 23.0 Å². The van der Waals surface area contributed by atoms with Crippen LogP contribution in [0.25, 0.3) is 0 Å². The fraction of sp³-hybridized carbons (Fsp3) is 0.455. The van der Waals surface area contributed by atoms with Crippen LogP contribution in [-0.2, 0) is 4.74 Å². The normalized spacial score (nSPS) is 24.5. The summed E-state index contributed by atoms with van der Waals surface area (Å²) in [6, 6.07) is 12.0. The minimum absolute atomic E-state index is 0.0158. The molecule has 0 aromatic heterocycles. The van der Waals surface area contributed by atoms with Crippen molar-refractivity contribution in [1.82, 2.24) is 0 Å². The van der Waals surface area contributed by atoms with E-state index in [0.717, 1.165) is 22.6 Å². The Balaban J connectivity index is 1.90. The van der Waals surface area contributed by atoms with E-state index in [0.29, 0.717) is 23.3 Å². The summed E-state index contributed by atoms with van der Waals surface area (Å²) in [5, 5.41) is 0. The molecular weight excluding hydrogens is 344 g/mol. The molecule has 3 rings (SSSR count). The zero-order valence-corrected chi connectivity index (χ0v) is 16.8. The van der Waals surface area contributed by atoms with Gasteiger partial charge >= 0.3 is 0 Å². The fourth-order valence-corrected chi connectivity index (χ4v) is 3.78. The fourth-order valence-electron chi connectivity index (χ4n) is 3.78. The minimum Gasteiger partial charge on any atom is -0.493 e. The lowest BCUT2D eigenvalue weighted by Crippen LogP contribution is -2.10. The summed E-state index contributed by atoms with van der Waals surface area (Å²) in [6.45, 7) is 4.46. The smallest absolute Gasteiger partial charge is 0.161 e. The molecule has 5 heteroatoms. The number of rotatable bonds is 6. The van der Waals surface area contributed by atoms with Crippen LogP contribution >= 0.6 is 0 Å². The molecule has 1 aliphatic heterocycles. The van der Waals surface area contributed by atoms with Gasteiger partial charge in [0, 0.05) is 0 Å². The SMILES string of the molecule is COc1ccc(C2O[C@H](c3ccc(OC)c(OC)c3)[C@H](C)C2C)cc1OC. The molecule has 0 bridgehead atoms. The predicted molar refractivity (Wildman–Crippen MR) is 104 cm³/mol. The lowest BCUT2D eigenvalue weighted by Gasteiger charge is -2.18. The van der Waals surface area contributed by atoms with E-state index in [9.17, 15) is 0 Å². The molecule has 0 N–H and O–H groups in total. The molecule has 27 heavy (non-hydrogen) atoms. The molecule has 0 saturated carbocycles. The first-order chi connectivity index (χ1) is 13.0. The maximum atomic E-state index is 6.51. The van der Waals surface area contributed by atoms with Crippen LogP contribution < -0.4 is 18.9 Å². The van der Waals surface area contributed by atoms with E-state index in [1.165, 1.54) is 0 Å². The van der Waals surface area contributed by atoms with Gasteiger partial charge in [-0.15, -0.1) is 0 Å². The third-order valence-corrected chi connectivity index (χ3v) is 5.55. The topological polar surface area (TPSA) is 46.2 Å². The van der Waals surface area contributed by atoms with Crippen molar-refractivity contribution in [2.24, 2.45) is 11.8 Å². The highest BCUT2D eigenvalue weighted by Gasteiger charge is 2.41. The van der Waals surface area contributed by atoms with Gasteiger partial charge < -0.3 is 23.7 Å². The van der Waals surface area contributed by atoms with Gasteiger partial charge in [-0.1, -0.05) is 26.0 Å². The van der Waals surface area contributed by atoms with E-state index < -0.39 is 0 Å². The molecule has 1 saturated heterocycles. The van der Waals surface area contributed by atoms with Crippen LogP contribution in [-0.4, -0.2) is 28.4 Å². The molecule has 2 unspecified atom stereocenters. The standard InChI is InChI=1S/C22H28O5/c1-13-14(2)22(16-8-10-18(24-4)20(12-16)26-6)27-21(13)15-7-9-17(23-3)19(11-15)25-5/h7-14,21-22H,1-6H3/t13-,14?,21+,22?/m1/s1. The molecule has 0 amide bonds. The molecule has 4 atom stereocenters. The summed E-state index contributed by atoms with van der Waals surface area (Å²) in [7, 11) is 6.58. The van der Waals surface area contributed by atoms with Crippen LogP contribution in [0.3, 0.4) is 0 Å². The van der Waals surface area contributed by atoms with Crippen molar-refractivity contribution in [3.8, 4) is 23.0 Å². The monoisotopic (exact) mass is 372 g/mol. The highest BCUT2D eigenvalue weighted by atomic mass is 16.5. The third-order valence-electron chi connectivity index (χ3n) is 5.55. The van der Waals surface area contributed by atoms with Gasteiger partial charge in [-0.25, -0.2) is 0 Å². The van der Waals surface area contributed by atoms with Gasteiger partial charge in [-0.2, -0.15) is 0 Å². The average Bonchev–Trinajstić information content (AvgIpc) is 3.01. The Hall–Kier alpha value is -2.40. The van der Waals surface area contributed by atoms with Crippen LogP contribution in [0.15, 0.2) is 36.4 Å². The van der Waals surface area contributed by atoms with Crippen molar-refractivity contribution >= 4 is 0 Å². The highest BCUT2D eigenvalue weighted by Crippen LogP contribution is 2.50. The highest BCUT2D eigenvalue weighted by molar-refractivity contribution is 5.45. The first kappa shape index (κ1) is 19.4. The summed E-state index contributed by atoms with van der Waals surface area (Å²) >= 11 is 0. The molecule has 1 fully saturated rings. The van der Waals surface area contributed by atoms with E-state index >= 15 is 0 Å². The summed E-state index contributed by atoms with van der Waals surface area (Å²) in [5.74, 6) is 3.57. The average molecular weight is 372 g/mol. The zero-order chi connectivity index (χ0) is 19.6. The summed E-state index contributed by atoms with van der Waals surface area (Å²) in [5.41, 5.74) is 2.19. The van der Waals surface area contributed by atoms with Crippen LogP contribution in [0, 0.1) is 11.8 Å². The second kappa shape index (κ2) is 8.09. The van der Waals surface area contributed by atoms with Crippen molar-refractivity contribution < 1.29 is 23.7 Å². The van der Waals surface area contributed by atoms with Crippen molar-refractivity contribution in [3.63, 3.8) is 0 Å². The molecule has 0 aliphatic carbocycles. The Kier molecular flexibility index (Phi) is 5.80. The zero-order valence-electron chi connectivity index (χ0n) is 16.8. The van der Waals surface area contributed by atoms with Crippen molar-refractivity contribution in [3.05, 3.63) is 47.5 Å². The Morgan fingerprint density at radius 2 is 0.963 bits per heavy atom. The predicted octanol–water partition coefficient (Wildman–Crippen LogP) is 4.81. The number of hydrogen-bond donors (Lipinski definition) is 0. The van der Waals surface area contributed by atoms with Gasteiger partial charge in [-0.05, 0) is 47.2 Å². The van der Waals surface area contributed by atoms with E-state index in [-0.39, 0.29) is 12.2 Å². The van der Waals surface area contributed by atoms with E-state index in [4.69, 9.17) is 23.7 Å². The van der Waals surface area contributed by atoms with E-state index in [1.54, 1.807) is 28.4 Å². The molecule has 5 nitrogen and oxygen atoms in total. The summed E-state index contributed by atoms with van der Waals surface area (Å²) < 4.78 is 28.1. The lowest BCUT2D eigenvalue weighted by molar-refractivity contribution is 0.0288. The van der Waals surface area contributed by atoms with Gasteiger partial charge in [0.05, 0.1) is 40.6 Å². The third kappa shape index (κ3) is 3.56. The molecule has 0 radical (unpaired) electrons. The van der Waals surface area contributed by atoms with Crippen molar-refractivity contribution in [1.29, 1.82) is 0 Å². The van der Waals surface area contributed by atoms with Crippen LogP contribution in [0.1, 0.15) is 37.2 Å². The Bertz CT molecular complexity index is 723. The lowest BCUT2D eigenvalue weighted by atomic mass is 9.85. The maximum absolute atomic E-state index is 6.51. The van der Waals surface area contributed by atoms with E-state index in [1.807, 2.05) is 36.4 Å². The number of ether oxygens (including phenoxy) is 5. The minimum atomic E-state index is -0.0158. The first-order valence-corrected chi connectivity index (χ1v) is 9.13. The maximum Gasteiger partial charge on any atom is 0.161 e. The molecule has 2 aromatic carbocycles. The van der Waals surface area contributed by atoms with Gasteiger partial charge in [0.25, 0.3) is 0 Å². The van der Waals surface area contributed by atoms with Crippen molar-refractivity contribution in [2.75, 3.05) is 28.4 Å². The van der Waals surface area contributed by atoms with Crippen molar-refractivity contribution in [2.45, 2.75) is 26.1 Å². The second-order valence-electron chi connectivity index (χ2n) is 6.92. The number of hydrogen-bond acceptors (Lipinski definition) is 5. The first-order valence-electron chi connectivity index (χ1n) is 9.13. The Labute approximate surface area is 161 Å².